The molecule has 6 heteroatoms. The van der Waals surface area contributed by atoms with Crippen LogP contribution in [0.2, 0.25) is 0 Å². The van der Waals surface area contributed by atoms with E-state index in [2.05, 4.69) is 4.98 Å². The summed E-state index contributed by atoms with van der Waals surface area (Å²) in [5.41, 5.74) is 2.29. The van der Waals surface area contributed by atoms with Gasteiger partial charge in [0, 0.05) is 0 Å². The van der Waals surface area contributed by atoms with Crippen molar-refractivity contribution in [1.29, 1.82) is 0 Å². The van der Waals surface area contributed by atoms with Crippen molar-refractivity contribution in [3.8, 4) is 26.9 Å². The van der Waals surface area contributed by atoms with Crippen LogP contribution < -0.4 is 4.74 Å². The van der Waals surface area contributed by atoms with Crippen LogP contribution in [0.5, 0.6) is 5.88 Å². The minimum atomic E-state index is -0.419. The molecule has 0 N–H and O–H groups in total. The van der Waals surface area contributed by atoms with Gasteiger partial charge in [0.15, 0.2) is 0 Å². The molecule has 0 unspecified atom stereocenters. The Labute approximate surface area is 123 Å². The number of esters is 1. The molecule has 0 bridgehead atoms. The van der Waals surface area contributed by atoms with Crippen LogP contribution in [0.25, 0.3) is 21.0 Å². The number of carbonyl (C=O) groups excluding carboxylic acids is 1. The Morgan fingerprint density at radius 1 is 1.10 bits per heavy atom. The Morgan fingerprint density at radius 2 is 1.80 bits per heavy atom. The Balaban J connectivity index is 2.17. The third-order valence-electron chi connectivity index (χ3n) is 2.91. The van der Waals surface area contributed by atoms with Gasteiger partial charge in [-0.1, -0.05) is 51.0 Å². The van der Waals surface area contributed by atoms with Gasteiger partial charge in [-0.3, -0.25) is 0 Å². The van der Waals surface area contributed by atoms with Gasteiger partial charge in [-0.25, -0.2) is 9.78 Å². The molecule has 0 saturated carbocycles. The second-order valence-corrected chi connectivity index (χ2v) is 6.18. The quantitative estimate of drug-likeness (QED) is 0.546. The van der Waals surface area contributed by atoms with Crippen LogP contribution in [0.3, 0.4) is 0 Å². The van der Waals surface area contributed by atoms with Crippen molar-refractivity contribution in [2.75, 3.05) is 14.2 Å². The molecule has 0 amide bonds. The van der Waals surface area contributed by atoms with Crippen LogP contribution in [0.4, 0.5) is 0 Å². The first-order valence-corrected chi connectivity index (χ1v) is 8.01. The summed E-state index contributed by atoms with van der Waals surface area (Å²) in [6, 6.07) is 9.98. The molecule has 1 aromatic carbocycles. The van der Waals surface area contributed by atoms with E-state index < -0.39 is 5.97 Å². The van der Waals surface area contributed by atoms with Crippen molar-refractivity contribution >= 4 is 26.7 Å². The molecular weight excluding hydrogens is 294 g/mol. The van der Waals surface area contributed by atoms with Gasteiger partial charge in [0.25, 0.3) is 0 Å². The lowest BCUT2D eigenvalue weighted by Gasteiger charge is -1.99. The van der Waals surface area contributed by atoms with Crippen molar-refractivity contribution in [2.45, 2.75) is 0 Å². The topological polar surface area (TPSA) is 48.4 Å². The summed E-state index contributed by atoms with van der Waals surface area (Å²) in [6.07, 6.45) is 0. The molecule has 4 nitrogen and oxygen atoms in total. The highest BCUT2D eigenvalue weighted by Crippen LogP contribution is 2.48. The summed E-state index contributed by atoms with van der Waals surface area (Å²) in [4.78, 5) is 18.2. The smallest absolute Gasteiger partial charge is 0.344 e. The highest BCUT2D eigenvalue weighted by Gasteiger charge is 2.30. The molecule has 2 heterocycles. The standard InChI is InChI=1S/C14H11NO3S2/c1-17-13-9(14(16)18-2)12-10(15-13)11(19-20-12)8-6-4-3-5-7-8/h3-7H,1-2H3. The van der Waals surface area contributed by atoms with Crippen molar-refractivity contribution in [2.24, 2.45) is 0 Å². The predicted octanol–water partition coefficient (Wildman–Crippen LogP) is 3.77. The molecule has 0 fully saturated rings. The van der Waals surface area contributed by atoms with Crippen LogP contribution in [0.15, 0.2) is 30.3 Å². The van der Waals surface area contributed by atoms with E-state index >= 15 is 0 Å². The van der Waals surface area contributed by atoms with Gasteiger partial charge >= 0.3 is 5.97 Å². The van der Waals surface area contributed by atoms with E-state index in [1.54, 1.807) is 10.3 Å². The zero-order chi connectivity index (χ0) is 14.1. The Kier molecular flexibility index (Phi) is 3.42. The highest BCUT2D eigenvalue weighted by molar-refractivity contribution is 7.72. The van der Waals surface area contributed by atoms with E-state index in [0.29, 0.717) is 11.4 Å². The fourth-order valence-electron chi connectivity index (χ4n) is 1.99. The molecule has 2 aliphatic heterocycles. The molecule has 102 valence electrons. The van der Waals surface area contributed by atoms with Gasteiger partial charge in [0.2, 0.25) is 5.88 Å². The first-order chi connectivity index (χ1) is 9.76. The first-order valence-electron chi connectivity index (χ1n) is 5.86. The summed E-state index contributed by atoms with van der Waals surface area (Å²) < 4.78 is 10.0. The van der Waals surface area contributed by atoms with Crippen molar-refractivity contribution in [3.63, 3.8) is 0 Å². The first kappa shape index (κ1) is 13.1. The zero-order valence-electron chi connectivity index (χ0n) is 10.9. The van der Waals surface area contributed by atoms with E-state index in [4.69, 9.17) is 9.47 Å². The van der Waals surface area contributed by atoms with E-state index in [1.807, 2.05) is 30.3 Å². The Bertz CT molecular complexity index is 718. The number of aromatic nitrogens is 1. The Morgan fingerprint density at radius 3 is 2.45 bits per heavy atom. The van der Waals surface area contributed by atoms with Crippen LogP contribution in [-0.4, -0.2) is 25.2 Å². The second kappa shape index (κ2) is 5.22. The van der Waals surface area contributed by atoms with E-state index in [-0.39, 0.29) is 0 Å². The second-order valence-electron chi connectivity index (χ2n) is 4.03. The predicted molar refractivity (Wildman–Crippen MR) is 79.9 cm³/mol. The summed E-state index contributed by atoms with van der Waals surface area (Å²) >= 11 is 0. The van der Waals surface area contributed by atoms with Crippen LogP contribution in [0.1, 0.15) is 10.4 Å². The molecule has 0 spiro atoms. The molecule has 0 atom stereocenters. The molecule has 0 aliphatic carbocycles. The lowest BCUT2D eigenvalue weighted by molar-refractivity contribution is 0.0598. The molecule has 3 rings (SSSR count). The number of hydrogen-bond acceptors (Lipinski definition) is 6. The molecule has 2 aliphatic rings. The number of fused-ring (bicyclic) bond motifs is 1. The molecular formula is C14H11NO3S2. The lowest BCUT2D eigenvalue weighted by Crippen LogP contribution is -2.02. The number of rotatable bonds is 3. The zero-order valence-corrected chi connectivity index (χ0v) is 12.5. The molecule has 1 aromatic rings. The molecule has 20 heavy (non-hydrogen) atoms. The average molecular weight is 305 g/mol. The van der Waals surface area contributed by atoms with E-state index in [9.17, 15) is 4.79 Å². The maximum absolute atomic E-state index is 11.9. The average Bonchev–Trinajstić information content (AvgIpc) is 3.05. The maximum atomic E-state index is 11.9. The van der Waals surface area contributed by atoms with Crippen molar-refractivity contribution < 1.29 is 14.3 Å². The van der Waals surface area contributed by atoms with Gasteiger partial charge in [0.1, 0.15) is 11.3 Å². The fourth-order valence-corrected chi connectivity index (χ4v) is 4.67. The fraction of sp³-hybridized carbons (Fsp3) is 0.143. The molecule has 0 radical (unpaired) electrons. The number of hydrogen-bond donors (Lipinski definition) is 0. The van der Waals surface area contributed by atoms with Gasteiger partial charge in [0.05, 0.1) is 24.0 Å². The largest absolute Gasteiger partial charge is 0.480 e. The third kappa shape index (κ3) is 1.97. The number of ether oxygens (including phenoxy) is 2. The normalized spacial score (nSPS) is 10.7. The summed E-state index contributed by atoms with van der Waals surface area (Å²) in [7, 11) is 5.97. The number of nitrogens with zero attached hydrogens (tertiary/aromatic N) is 1. The van der Waals surface area contributed by atoms with Crippen LogP contribution in [0, 0.1) is 0 Å². The van der Waals surface area contributed by atoms with Gasteiger partial charge < -0.3 is 9.47 Å². The van der Waals surface area contributed by atoms with E-state index in [0.717, 1.165) is 21.0 Å². The van der Waals surface area contributed by atoms with Gasteiger partial charge in [-0.2, -0.15) is 0 Å². The van der Waals surface area contributed by atoms with Crippen molar-refractivity contribution in [3.05, 3.63) is 35.9 Å². The third-order valence-corrected chi connectivity index (χ3v) is 5.40. The number of carbonyl (C=O) groups is 1. The van der Waals surface area contributed by atoms with Crippen LogP contribution in [-0.2, 0) is 4.74 Å². The lowest BCUT2D eigenvalue weighted by atomic mass is 10.1. The summed E-state index contributed by atoms with van der Waals surface area (Å²) in [5.74, 6) is -0.0962. The summed E-state index contributed by atoms with van der Waals surface area (Å²) in [6.45, 7) is 0. The summed E-state index contributed by atoms with van der Waals surface area (Å²) in [5, 5.41) is 0. The van der Waals surface area contributed by atoms with Gasteiger partial charge in [-0.15, -0.1) is 0 Å². The Hall–Kier alpha value is -1.92. The minimum absolute atomic E-state index is 0.322. The maximum Gasteiger partial charge on any atom is 0.344 e. The SMILES string of the molecule is COC(=O)c1c(OC)nc2c(-c3ccccc3)ssc1-2. The molecule has 0 saturated heterocycles. The number of methoxy groups -OCH3 is 2. The minimum Gasteiger partial charge on any atom is -0.480 e. The monoisotopic (exact) mass is 305 g/mol. The highest BCUT2D eigenvalue weighted by atomic mass is 32.9. The number of benzene rings is 1. The molecule has 0 aromatic heterocycles. The van der Waals surface area contributed by atoms with Crippen molar-refractivity contribution in [1.82, 2.24) is 4.98 Å². The van der Waals surface area contributed by atoms with E-state index in [1.165, 1.54) is 24.6 Å². The van der Waals surface area contributed by atoms with Gasteiger partial charge in [-0.05, 0) is 5.56 Å². The van der Waals surface area contributed by atoms with Crippen LogP contribution >= 0.6 is 20.7 Å².